The number of fused-ring (bicyclic) bond motifs is 1. The molecule has 1 aromatic carbocycles. The topological polar surface area (TPSA) is 46.5 Å². The van der Waals surface area contributed by atoms with E-state index in [1.807, 2.05) is 13.0 Å². The van der Waals surface area contributed by atoms with Crippen molar-refractivity contribution in [3.8, 4) is 0 Å². The van der Waals surface area contributed by atoms with Crippen LogP contribution in [-0.4, -0.2) is 5.11 Å². The summed E-state index contributed by atoms with van der Waals surface area (Å²) in [5.41, 5.74) is 0.540. The van der Waals surface area contributed by atoms with E-state index in [1.54, 1.807) is 18.2 Å². The summed E-state index contributed by atoms with van der Waals surface area (Å²) >= 11 is 0. The lowest BCUT2D eigenvalue weighted by Crippen LogP contribution is -1.95. The number of aryl methyl sites for hydroxylation is 1. The maximum Gasteiger partial charge on any atom is 0.169 e. The minimum Gasteiger partial charge on any atom is -0.463 e. The van der Waals surface area contributed by atoms with Crippen LogP contribution < -0.4 is 0 Å². The fraction of sp³-hybridized carbons (Fsp3) is 0.200. The van der Waals surface area contributed by atoms with Gasteiger partial charge in [0.1, 0.15) is 28.7 Å². The number of aliphatic hydroxyl groups is 1. The molecule has 0 saturated carbocycles. The van der Waals surface area contributed by atoms with E-state index < -0.39 is 6.10 Å². The van der Waals surface area contributed by atoms with Gasteiger partial charge in [0.2, 0.25) is 0 Å². The van der Waals surface area contributed by atoms with Crippen LogP contribution >= 0.6 is 0 Å². The molecule has 2 heterocycles. The molecule has 0 bridgehead atoms. The molecule has 1 unspecified atom stereocenters. The van der Waals surface area contributed by atoms with Gasteiger partial charge < -0.3 is 13.9 Å². The van der Waals surface area contributed by atoms with Gasteiger partial charge >= 0.3 is 0 Å². The molecule has 3 aromatic rings. The highest BCUT2D eigenvalue weighted by molar-refractivity contribution is 5.78. The lowest BCUT2D eigenvalue weighted by molar-refractivity contribution is 0.163. The van der Waals surface area contributed by atoms with Gasteiger partial charge in [-0.2, -0.15) is 0 Å². The molecule has 98 valence electrons. The summed E-state index contributed by atoms with van der Waals surface area (Å²) in [5, 5.41) is 10.8. The zero-order valence-corrected chi connectivity index (χ0v) is 10.4. The van der Waals surface area contributed by atoms with Gasteiger partial charge in [0.15, 0.2) is 6.10 Å². The van der Waals surface area contributed by atoms with Gasteiger partial charge in [-0.25, -0.2) is 4.39 Å². The number of rotatable bonds is 3. The highest BCUT2D eigenvalue weighted by Crippen LogP contribution is 2.29. The fourth-order valence-electron chi connectivity index (χ4n) is 2.04. The van der Waals surface area contributed by atoms with Crippen LogP contribution in [0.3, 0.4) is 0 Å². The van der Waals surface area contributed by atoms with Crippen molar-refractivity contribution in [2.24, 2.45) is 0 Å². The first-order chi connectivity index (χ1) is 9.17. The van der Waals surface area contributed by atoms with Crippen LogP contribution in [0.5, 0.6) is 0 Å². The SMILES string of the molecule is CCc1ccc(C(O)c2cc3cc(F)ccc3o2)o1. The Kier molecular flexibility index (Phi) is 2.87. The first-order valence-electron chi connectivity index (χ1n) is 6.13. The van der Waals surface area contributed by atoms with Gasteiger partial charge in [0.25, 0.3) is 0 Å². The van der Waals surface area contributed by atoms with Gasteiger partial charge in [-0.1, -0.05) is 6.92 Å². The molecule has 1 atom stereocenters. The van der Waals surface area contributed by atoms with Crippen molar-refractivity contribution < 1.29 is 18.3 Å². The molecule has 0 amide bonds. The summed E-state index contributed by atoms with van der Waals surface area (Å²) in [6.07, 6.45) is -0.214. The predicted molar refractivity (Wildman–Crippen MR) is 68.3 cm³/mol. The van der Waals surface area contributed by atoms with Crippen molar-refractivity contribution in [2.45, 2.75) is 19.4 Å². The number of halogens is 1. The molecule has 0 spiro atoms. The Morgan fingerprint density at radius 3 is 2.68 bits per heavy atom. The van der Waals surface area contributed by atoms with E-state index in [0.717, 1.165) is 12.2 Å². The zero-order chi connectivity index (χ0) is 13.4. The maximum atomic E-state index is 13.1. The van der Waals surface area contributed by atoms with Crippen LogP contribution in [0, 0.1) is 5.82 Å². The van der Waals surface area contributed by atoms with E-state index in [4.69, 9.17) is 8.83 Å². The summed E-state index contributed by atoms with van der Waals surface area (Å²) in [6, 6.07) is 9.40. The largest absolute Gasteiger partial charge is 0.463 e. The number of hydrogen-bond donors (Lipinski definition) is 1. The minimum absolute atomic E-state index is 0.333. The molecule has 19 heavy (non-hydrogen) atoms. The lowest BCUT2D eigenvalue weighted by atomic mass is 10.2. The highest BCUT2D eigenvalue weighted by Gasteiger charge is 2.19. The lowest BCUT2D eigenvalue weighted by Gasteiger charge is -2.03. The molecule has 4 heteroatoms. The van der Waals surface area contributed by atoms with Gasteiger partial charge in [0, 0.05) is 11.8 Å². The average molecular weight is 260 g/mol. The average Bonchev–Trinajstić information content (AvgIpc) is 3.03. The molecule has 0 radical (unpaired) electrons. The Hall–Kier alpha value is -2.07. The van der Waals surface area contributed by atoms with Crippen molar-refractivity contribution in [2.75, 3.05) is 0 Å². The second-order valence-corrected chi connectivity index (χ2v) is 4.39. The molecule has 0 aliphatic carbocycles. The Balaban J connectivity index is 1.98. The molecule has 3 nitrogen and oxygen atoms in total. The van der Waals surface area contributed by atoms with Crippen LogP contribution in [0.4, 0.5) is 4.39 Å². The Bertz CT molecular complexity index is 711. The van der Waals surface area contributed by atoms with Gasteiger partial charge in [-0.05, 0) is 36.4 Å². The number of aliphatic hydroxyl groups excluding tert-OH is 1. The van der Waals surface area contributed by atoms with Crippen molar-refractivity contribution in [3.63, 3.8) is 0 Å². The van der Waals surface area contributed by atoms with E-state index in [-0.39, 0.29) is 5.82 Å². The molecule has 0 fully saturated rings. The molecule has 0 aliphatic heterocycles. The molecule has 1 N–H and O–H groups in total. The van der Waals surface area contributed by atoms with Gasteiger partial charge in [-0.15, -0.1) is 0 Å². The van der Waals surface area contributed by atoms with Crippen molar-refractivity contribution >= 4 is 11.0 Å². The minimum atomic E-state index is -0.976. The summed E-state index contributed by atoms with van der Waals surface area (Å²) in [6.45, 7) is 1.97. The van der Waals surface area contributed by atoms with E-state index in [2.05, 4.69) is 0 Å². The van der Waals surface area contributed by atoms with Crippen molar-refractivity contribution in [1.82, 2.24) is 0 Å². The fourth-order valence-corrected chi connectivity index (χ4v) is 2.04. The first kappa shape index (κ1) is 12.0. The monoisotopic (exact) mass is 260 g/mol. The zero-order valence-electron chi connectivity index (χ0n) is 10.4. The van der Waals surface area contributed by atoms with E-state index >= 15 is 0 Å². The van der Waals surface area contributed by atoms with E-state index in [0.29, 0.717) is 22.5 Å². The number of furan rings is 2. The highest BCUT2D eigenvalue weighted by atomic mass is 19.1. The van der Waals surface area contributed by atoms with Crippen LogP contribution in [0.1, 0.15) is 30.3 Å². The third kappa shape index (κ3) is 2.15. The Morgan fingerprint density at radius 1 is 1.11 bits per heavy atom. The predicted octanol–water partition coefficient (Wildman–Crippen LogP) is 3.81. The van der Waals surface area contributed by atoms with E-state index in [1.165, 1.54) is 12.1 Å². The summed E-state index contributed by atoms with van der Waals surface area (Å²) in [7, 11) is 0. The van der Waals surface area contributed by atoms with Crippen molar-refractivity contribution in [3.05, 3.63) is 59.5 Å². The molecular weight excluding hydrogens is 247 g/mol. The third-order valence-electron chi connectivity index (χ3n) is 3.07. The summed E-state index contributed by atoms with van der Waals surface area (Å²) in [5.74, 6) is 1.24. The normalized spacial score (nSPS) is 13.0. The van der Waals surface area contributed by atoms with Crippen molar-refractivity contribution in [1.29, 1.82) is 0 Å². The van der Waals surface area contributed by atoms with Crippen LogP contribution in [0.2, 0.25) is 0 Å². The molecule has 2 aromatic heterocycles. The molecule has 0 saturated heterocycles. The van der Waals surface area contributed by atoms with Gasteiger partial charge in [0.05, 0.1) is 0 Å². The maximum absolute atomic E-state index is 13.1. The van der Waals surface area contributed by atoms with E-state index in [9.17, 15) is 9.50 Å². The molecular formula is C15H13FO3. The van der Waals surface area contributed by atoms with Crippen LogP contribution in [0.15, 0.2) is 45.2 Å². The quantitative estimate of drug-likeness (QED) is 0.779. The second-order valence-electron chi connectivity index (χ2n) is 4.39. The molecule has 0 aliphatic rings. The standard InChI is InChI=1S/C15H13FO3/c1-2-11-4-6-13(18-11)15(17)14-8-9-7-10(16)3-5-12(9)19-14/h3-8,15,17H,2H2,1H3. The van der Waals surface area contributed by atoms with Crippen LogP contribution in [-0.2, 0) is 6.42 Å². The van der Waals surface area contributed by atoms with Gasteiger partial charge in [-0.3, -0.25) is 0 Å². The Morgan fingerprint density at radius 2 is 1.95 bits per heavy atom. The number of benzene rings is 1. The summed E-state index contributed by atoms with van der Waals surface area (Å²) in [4.78, 5) is 0. The molecule has 3 rings (SSSR count). The third-order valence-corrected chi connectivity index (χ3v) is 3.07. The second kappa shape index (κ2) is 4.55. The smallest absolute Gasteiger partial charge is 0.169 e. The Labute approximate surface area is 109 Å². The first-order valence-corrected chi connectivity index (χ1v) is 6.13. The summed E-state index contributed by atoms with van der Waals surface area (Å²) < 4.78 is 24.1. The van der Waals surface area contributed by atoms with Crippen LogP contribution in [0.25, 0.3) is 11.0 Å². The number of hydrogen-bond acceptors (Lipinski definition) is 3.